The zero-order valence-electron chi connectivity index (χ0n) is 21.9. The van der Waals surface area contributed by atoms with E-state index in [0.29, 0.717) is 42.0 Å². The van der Waals surface area contributed by atoms with Crippen molar-refractivity contribution in [2.24, 2.45) is 0 Å². The van der Waals surface area contributed by atoms with Crippen molar-refractivity contribution in [3.8, 4) is 11.5 Å². The monoisotopic (exact) mass is 575 g/mol. The van der Waals surface area contributed by atoms with Crippen LogP contribution >= 0.6 is 11.6 Å². The van der Waals surface area contributed by atoms with E-state index in [1.807, 2.05) is 23.8 Å². The van der Waals surface area contributed by atoms with Crippen molar-refractivity contribution in [3.05, 3.63) is 71.6 Å². The molecule has 0 aliphatic rings. The number of carbonyl (C=O) groups excluding carboxylic acids is 1. The van der Waals surface area contributed by atoms with Gasteiger partial charge in [0.15, 0.2) is 5.82 Å². The lowest BCUT2D eigenvalue weighted by Gasteiger charge is -2.21. The molecule has 2 aromatic heterocycles. The van der Waals surface area contributed by atoms with Gasteiger partial charge in [-0.05, 0) is 55.8 Å². The zero-order valence-corrected chi connectivity index (χ0v) is 22.7. The van der Waals surface area contributed by atoms with Crippen LogP contribution in [0.25, 0.3) is 11.0 Å². The third-order valence-electron chi connectivity index (χ3n) is 6.14. The van der Waals surface area contributed by atoms with Crippen LogP contribution in [0, 0.1) is 0 Å². The summed E-state index contributed by atoms with van der Waals surface area (Å²) in [5, 5.41) is 16.5. The van der Waals surface area contributed by atoms with Crippen molar-refractivity contribution in [1.82, 2.24) is 19.9 Å². The van der Waals surface area contributed by atoms with E-state index in [2.05, 4.69) is 20.6 Å². The molecule has 0 saturated carbocycles. The Kier molecular flexibility index (Phi) is 8.85. The molecule has 2 heterocycles. The number of hydrogen-bond acceptors (Lipinski definition) is 6. The molecule has 0 fully saturated rings. The van der Waals surface area contributed by atoms with Gasteiger partial charge in [-0.15, -0.1) is 0 Å². The SMILES string of the molecule is CCCC(C)(O)CC(=O)NCCn1ccc2ncnc(Nc3ccc(Oc4cccc(C(F)(F)F)c4)c(Cl)c3)c21. The highest BCUT2D eigenvalue weighted by Crippen LogP contribution is 2.36. The number of nitrogens with zero attached hydrogens (tertiary/aromatic N) is 3. The standard InChI is InChI=1S/C28H29ClF3N5O3/c1-3-10-27(2,39)16-24(38)33-11-13-37-12-9-22-25(37)26(35-17-34-22)36-19-7-8-23(21(29)15-19)40-20-6-4-5-18(14-20)28(30,31)32/h4-9,12,14-15,17,39H,3,10-11,13,16H2,1-2H3,(H,33,38)(H,34,35,36). The Labute approximate surface area is 234 Å². The molecule has 0 bridgehead atoms. The van der Waals surface area contributed by atoms with Crippen molar-refractivity contribution in [1.29, 1.82) is 0 Å². The van der Waals surface area contributed by atoms with Crippen LogP contribution in [0.4, 0.5) is 24.7 Å². The molecule has 3 N–H and O–H groups in total. The zero-order chi connectivity index (χ0) is 28.9. The van der Waals surface area contributed by atoms with Crippen molar-refractivity contribution in [2.45, 2.75) is 51.4 Å². The van der Waals surface area contributed by atoms with E-state index in [4.69, 9.17) is 16.3 Å². The van der Waals surface area contributed by atoms with Crippen molar-refractivity contribution < 1.29 is 27.8 Å². The van der Waals surface area contributed by atoms with E-state index >= 15 is 0 Å². The van der Waals surface area contributed by atoms with Crippen LogP contribution in [0.3, 0.4) is 0 Å². The molecule has 0 aliphatic carbocycles. The number of amides is 1. The Morgan fingerprint density at radius 2 is 1.95 bits per heavy atom. The highest BCUT2D eigenvalue weighted by atomic mass is 35.5. The molecule has 4 rings (SSSR count). The van der Waals surface area contributed by atoms with Crippen LogP contribution < -0.4 is 15.4 Å². The topological polar surface area (TPSA) is 101 Å². The third-order valence-corrected chi connectivity index (χ3v) is 6.43. The summed E-state index contributed by atoms with van der Waals surface area (Å²) in [6, 6.07) is 11.2. The van der Waals surface area contributed by atoms with Gasteiger partial charge in [0.1, 0.15) is 23.3 Å². The molecule has 1 unspecified atom stereocenters. The Hall–Kier alpha value is -3.83. The molecule has 212 valence electrons. The number of nitrogens with one attached hydrogen (secondary N) is 2. The summed E-state index contributed by atoms with van der Waals surface area (Å²) in [5.74, 6) is 0.464. The second-order valence-corrected chi connectivity index (χ2v) is 10.0. The van der Waals surface area contributed by atoms with E-state index < -0.39 is 17.3 Å². The van der Waals surface area contributed by atoms with Crippen molar-refractivity contribution >= 4 is 40.0 Å². The van der Waals surface area contributed by atoms with Gasteiger partial charge in [0, 0.05) is 25.0 Å². The first-order chi connectivity index (χ1) is 18.9. The number of aromatic nitrogens is 3. The Morgan fingerprint density at radius 3 is 2.67 bits per heavy atom. The molecule has 1 atom stereocenters. The second-order valence-electron chi connectivity index (χ2n) is 9.64. The molecule has 40 heavy (non-hydrogen) atoms. The molecule has 2 aromatic carbocycles. The molecule has 1 amide bonds. The van der Waals surface area contributed by atoms with Crippen LogP contribution in [0.2, 0.25) is 5.02 Å². The summed E-state index contributed by atoms with van der Waals surface area (Å²) in [7, 11) is 0. The Bertz CT molecular complexity index is 1490. The normalized spacial score (nSPS) is 13.2. The summed E-state index contributed by atoms with van der Waals surface area (Å²) >= 11 is 6.38. The van der Waals surface area contributed by atoms with Gasteiger partial charge in [0.2, 0.25) is 5.91 Å². The number of carbonyl (C=O) groups is 1. The fourth-order valence-corrected chi connectivity index (χ4v) is 4.54. The van der Waals surface area contributed by atoms with Crippen LogP contribution in [0.1, 0.15) is 38.7 Å². The number of halogens is 4. The lowest BCUT2D eigenvalue weighted by molar-refractivity contribution is -0.137. The smallest absolute Gasteiger partial charge is 0.416 e. The van der Waals surface area contributed by atoms with Gasteiger partial charge in [-0.3, -0.25) is 4.79 Å². The number of alkyl halides is 3. The van der Waals surface area contributed by atoms with Crippen LogP contribution in [0.15, 0.2) is 61.1 Å². The van der Waals surface area contributed by atoms with E-state index in [9.17, 15) is 23.1 Å². The number of fused-ring (bicyclic) bond motifs is 1. The summed E-state index contributed by atoms with van der Waals surface area (Å²) in [4.78, 5) is 20.9. The number of benzene rings is 2. The first-order valence-electron chi connectivity index (χ1n) is 12.7. The maximum Gasteiger partial charge on any atom is 0.416 e. The van der Waals surface area contributed by atoms with Gasteiger partial charge < -0.3 is 25.0 Å². The Morgan fingerprint density at radius 1 is 1.15 bits per heavy atom. The van der Waals surface area contributed by atoms with Gasteiger partial charge in [0.25, 0.3) is 0 Å². The number of ether oxygens (including phenoxy) is 1. The number of aliphatic hydroxyl groups is 1. The van der Waals surface area contributed by atoms with E-state index in [1.54, 1.807) is 25.1 Å². The minimum Gasteiger partial charge on any atom is -0.456 e. The minimum absolute atomic E-state index is 0.00819. The van der Waals surface area contributed by atoms with E-state index in [0.717, 1.165) is 18.6 Å². The lowest BCUT2D eigenvalue weighted by atomic mass is 9.96. The highest BCUT2D eigenvalue weighted by Gasteiger charge is 2.30. The molecule has 4 aromatic rings. The van der Waals surface area contributed by atoms with E-state index in [-0.39, 0.29) is 28.8 Å². The average molecular weight is 576 g/mol. The average Bonchev–Trinajstić information content (AvgIpc) is 3.29. The third kappa shape index (κ3) is 7.42. The van der Waals surface area contributed by atoms with Gasteiger partial charge in [-0.1, -0.05) is 31.0 Å². The molecule has 8 nitrogen and oxygen atoms in total. The van der Waals surface area contributed by atoms with Crippen LogP contribution in [-0.2, 0) is 17.5 Å². The Balaban J connectivity index is 1.45. The fraction of sp³-hybridized carbons (Fsp3) is 0.321. The summed E-state index contributed by atoms with van der Waals surface area (Å²) in [6.07, 6.45) is 0.109. The molecule has 0 spiro atoms. The highest BCUT2D eigenvalue weighted by molar-refractivity contribution is 6.32. The van der Waals surface area contributed by atoms with Gasteiger partial charge in [0.05, 0.1) is 28.1 Å². The van der Waals surface area contributed by atoms with Crippen LogP contribution in [-0.4, -0.2) is 37.7 Å². The number of hydrogen-bond donors (Lipinski definition) is 3. The fourth-order valence-electron chi connectivity index (χ4n) is 4.32. The maximum atomic E-state index is 13.0. The second kappa shape index (κ2) is 12.1. The predicted molar refractivity (Wildman–Crippen MR) is 147 cm³/mol. The summed E-state index contributed by atoms with van der Waals surface area (Å²) < 4.78 is 46.6. The van der Waals surface area contributed by atoms with Crippen molar-refractivity contribution in [2.75, 3.05) is 11.9 Å². The lowest BCUT2D eigenvalue weighted by Crippen LogP contribution is -2.35. The maximum absolute atomic E-state index is 13.0. The molecular formula is C28H29ClF3N5O3. The first kappa shape index (κ1) is 29.2. The molecule has 0 aliphatic heterocycles. The molecule has 0 radical (unpaired) electrons. The molecular weight excluding hydrogens is 547 g/mol. The first-order valence-corrected chi connectivity index (χ1v) is 13.0. The molecule has 12 heteroatoms. The van der Waals surface area contributed by atoms with Gasteiger partial charge in [-0.2, -0.15) is 13.2 Å². The van der Waals surface area contributed by atoms with E-state index in [1.165, 1.54) is 18.5 Å². The molecule has 0 saturated heterocycles. The van der Waals surface area contributed by atoms with Crippen molar-refractivity contribution in [3.63, 3.8) is 0 Å². The number of rotatable bonds is 11. The van der Waals surface area contributed by atoms with Gasteiger partial charge >= 0.3 is 6.18 Å². The quantitative estimate of drug-likeness (QED) is 0.184. The summed E-state index contributed by atoms with van der Waals surface area (Å²) in [6.45, 7) is 4.39. The van der Waals surface area contributed by atoms with Crippen LogP contribution in [0.5, 0.6) is 11.5 Å². The van der Waals surface area contributed by atoms with Gasteiger partial charge in [-0.25, -0.2) is 9.97 Å². The predicted octanol–water partition coefficient (Wildman–Crippen LogP) is 6.70. The summed E-state index contributed by atoms with van der Waals surface area (Å²) in [5.41, 5.74) is 0.0953. The minimum atomic E-state index is -4.49. The number of anilines is 2. The largest absolute Gasteiger partial charge is 0.456 e.